The number of hydrogen-bond acceptors (Lipinski definition) is 6. The molecule has 1 aromatic carbocycles. The van der Waals surface area contributed by atoms with Gasteiger partial charge in [0.2, 0.25) is 5.91 Å². The molecule has 158 valence electrons. The summed E-state index contributed by atoms with van der Waals surface area (Å²) in [7, 11) is 0. The molecule has 1 aromatic heterocycles. The number of ether oxygens (including phenoxy) is 1. The average molecular weight is 406 g/mol. The number of hydrogen-bond donors (Lipinski definition) is 3. The summed E-state index contributed by atoms with van der Waals surface area (Å²) >= 11 is 0. The van der Waals surface area contributed by atoms with Crippen LogP contribution in [0.5, 0.6) is 0 Å². The molecule has 1 saturated heterocycles. The second-order valence-electron chi connectivity index (χ2n) is 7.05. The standard InChI is InChI=1S/C20H27FN4O4/c1-3-29-20(28)18-17(15-12-14(21)4-5-16(15)22-18)23-19(27)13(2)25-8-6-24(7-9-25)10-11-26/h4-5,12-13,22,26H,3,6-11H2,1-2H3,(H,23,27)/t13-/m1/s1. The topological polar surface area (TPSA) is 97.9 Å². The van der Waals surface area contributed by atoms with E-state index in [1.807, 2.05) is 4.90 Å². The van der Waals surface area contributed by atoms with Gasteiger partial charge in [0.15, 0.2) is 0 Å². The number of benzene rings is 1. The number of rotatable bonds is 7. The van der Waals surface area contributed by atoms with Gasteiger partial charge in [-0.05, 0) is 32.0 Å². The minimum atomic E-state index is -0.607. The zero-order valence-electron chi connectivity index (χ0n) is 16.7. The van der Waals surface area contributed by atoms with Gasteiger partial charge >= 0.3 is 5.97 Å². The van der Waals surface area contributed by atoms with Crippen molar-refractivity contribution < 1.29 is 23.8 Å². The van der Waals surface area contributed by atoms with Gasteiger partial charge in [-0.3, -0.25) is 14.6 Å². The molecule has 3 rings (SSSR count). The first-order valence-electron chi connectivity index (χ1n) is 9.81. The number of aromatic nitrogens is 1. The highest BCUT2D eigenvalue weighted by atomic mass is 19.1. The number of piperazine rings is 1. The summed E-state index contributed by atoms with van der Waals surface area (Å²) in [5, 5.41) is 12.3. The summed E-state index contributed by atoms with van der Waals surface area (Å²) in [6.45, 7) is 7.35. The summed E-state index contributed by atoms with van der Waals surface area (Å²) in [6, 6.07) is 3.66. The Balaban J connectivity index is 1.79. The van der Waals surface area contributed by atoms with Crippen molar-refractivity contribution in [2.75, 3.05) is 51.3 Å². The van der Waals surface area contributed by atoms with E-state index >= 15 is 0 Å². The number of aromatic amines is 1. The summed E-state index contributed by atoms with van der Waals surface area (Å²) in [4.78, 5) is 32.4. The Morgan fingerprint density at radius 3 is 2.69 bits per heavy atom. The number of anilines is 1. The van der Waals surface area contributed by atoms with Crippen molar-refractivity contribution in [3.05, 3.63) is 29.7 Å². The first kappa shape index (κ1) is 21.2. The van der Waals surface area contributed by atoms with Gasteiger partial charge in [-0.2, -0.15) is 0 Å². The van der Waals surface area contributed by atoms with Gasteiger partial charge in [0.05, 0.1) is 24.9 Å². The summed E-state index contributed by atoms with van der Waals surface area (Å²) in [5.41, 5.74) is 0.865. The van der Waals surface area contributed by atoms with Gasteiger partial charge in [-0.25, -0.2) is 9.18 Å². The minimum Gasteiger partial charge on any atom is -0.461 e. The summed E-state index contributed by atoms with van der Waals surface area (Å²) < 4.78 is 18.9. The summed E-state index contributed by atoms with van der Waals surface area (Å²) in [6.07, 6.45) is 0. The monoisotopic (exact) mass is 406 g/mol. The average Bonchev–Trinajstić information content (AvgIpc) is 3.06. The lowest BCUT2D eigenvalue weighted by Gasteiger charge is -2.37. The molecular formula is C20H27FN4O4. The maximum atomic E-state index is 13.8. The van der Waals surface area contributed by atoms with Crippen molar-refractivity contribution in [1.82, 2.24) is 14.8 Å². The molecule has 9 heteroatoms. The van der Waals surface area contributed by atoms with Crippen LogP contribution in [0.1, 0.15) is 24.3 Å². The maximum Gasteiger partial charge on any atom is 0.356 e. The first-order valence-corrected chi connectivity index (χ1v) is 9.81. The van der Waals surface area contributed by atoms with Crippen molar-refractivity contribution in [1.29, 1.82) is 0 Å². The van der Waals surface area contributed by atoms with Crippen LogP contribution >= 0.6 is 0 Å². The number of amides is 1. The van der Waals surface area contributed by atoms with Crippen LogP contribution in [0.2, 0.25) is 0 Å². The Morgan fingerprint density at radius 1 is 1.31 bits per heavy atom. The van der Waals surface area contributed by atoms with Crippen molar-refractivity contribution in [2.45, 2.75) is 19.9 Å². The van der Waals surface area contributed by atoms with E-state index in [0.29, 0.717) is 30.5 Å². The predicted molar refractivity (Wildman–Crippen MR) is 107 cm³/mol. The third-order valence-electron chi connectivity index (χ3n) is 5.24. The highest BCUT2D eigenvalue weighted by molar-refractivity contribution is 6.11. The minimum absolute atomic E-state index is 0.0979. The molecule has 8 nitrogen and oxygen atoms in total. The van der Waals surface area contributed by atoms with Crippen molar-refractivity contribution in [2.24, 2.45) is 0 Å². The third kappa shape index (κ3) is 4.75. The molecule has 1 fully saturated rings. The molecule has 2 heterocycles. The third-order valence-corrected chi connectivity index (χ3v) is 5.24. The Morgan fingerprint density at radius 2 is 2.03 bits per heavy atom. The van der Waals surface area contributed by atoms with E-state index in [4.69, 9.17) is 9.84 Å². The van der Waals surface area contributed by atoms with Crippen molar-refractivity contribution in [3.8, 4) is 0 Å². The fourth-order valence-electron chi connectivity index (χ4n) is 3.56. The SMILES string of the molecule is CCOC(=O)c1[nH]c2ccc(F)cc2c1NC(=O)[C@@H](C)N1CCN(CCO)CC1. The number of fused-ring (bicyclic) bond motifs is 1. The number of carbonyl (C=O) groups is 2. The van der Waals surface area contributed by atoms with E-state index in [9.17, 15) is 14.0 Å². The number of carbonyl (C=O) groups excluding carboxylic acids is 2. The van der Waals surface area contributed by atoms with Crippen LogP contribution in [0.4, 0.5) is 10.1 Å². The Labute approximate surface area is 168 Å². The van der Waals surface area contributed by atoms with E-state index in [1.54, 1.807) is 13.8 Å². The summed E-state index contributed by atoms with van der Waals surface area (Å²) in [5.74, 6) is -1.35. The molecule has 1 aliphatic heterocycles. The number of β-amino-alcohol motifs (C(OH)–C–C–N with tert-alkyl or cyclic N) is 1. The molecule has 0 saturated carbocycles. The molecule has 0 unspecified atom stereocenters. The Bertz CT molecular complexity index is 877. The number of nitrogens with one attached hydrogen (secondary N) is 2. The van der Waals surface area contributed by atoms with E-state index < -0.39 is 17.8 Å². The molecular weight excluding hydrogens is 379 g/mol. The number of esters is 1. The Hall–Kier alpha value is -2.49. The van der Waals surface area contributed by atoms with Gasteiger partial charge in [0.1, 0.15) is 11.5 Å². The van der Waals surface area contributed by atoms with Crippen molar-refractivity contribution in [3.63, 3.8) is 0 Å². The molecule has 0 bridgehead atoms. The van der Waals surface area contributed by atoms with E-state index in [1.165, 1.54) is 18.2 Å². The largest absolute Gasteiger partial charge is 0.461 e. The van der Waals surface area contributed by atoms with Crippen LogP contribution in [0, 0.1) is 5.82 Å². The van der Waals surface area contributed by atoms with Crippen LogP contribution < -0.4 is 5.32 Å². The molecule has 0 spiro atoms. The fraction of sp³-hybridized carbons (Fsp3) is 0.500. The lowest BCUT2D eigenvalue weighted by atomic mass is 10.1. The van der Waals surface area contributed by atoms with E-state index in [0.717, 1.165) is 13.1 Å². The highest BCUT2D eigenvalue weighted by Gasteiger charge is 2.28. The van der Waals surface area contributed by atoms with Gasteiger partial charge in [-0.1, -0.05) is 0 Å². The van der Waals surface area contributed by atoms with Crippen LogP contribution in [0.15, 0.2) is 18.2 Å². The molecule has 29 heavy (non-hydrogen) atoms. The molecule has 2 aromatic rings. The van der Waals surface area contributed by atoms with Gasteiger partial charge < -0.3 is 20.1 Å². The molecule has 1 atom stereocenters. The molecule has 1 amide bonds. The highest BCUT2D eigenvalue weighted by Crippen LogP contribution is 2.29. The lowest BCUT2D eigenvalue weighted by molar-refractivity contribution is -0.121. The zero-order valence-corrected chi connectivity index (χ0v) is 16.7. The maximum absolute atomic E-state index is 13.8. The number of aliphatic hydroxyl groups excluding tert-OH is 1. The van der Waals surface area contributed by atoms with E-state index in [2.05, 4.69) is 15.2 Å². The van der Waals surface area contributed by atoms with E-state index in [-0.39, 0.29) is 30.5 Å². The first-order chi connectivity index (χ1) is 13.9. The fourth-order valence-corrected chi connectivity index (χ4v) is 3.56. The molecule has 3 N–H and O–H groups in total. The number of halogens is 1. The van der Waals surface area contributed by atoms with Crippen LogP contribution in [0.25, 0.3) is 10.9 Å². The van der Waals surface area contributed by atoms with Crippen LogP contribution in [-0.2, 0) is 9.53 Å². The molecule has 0 radical (unpaired) electrons. The molecule has 0 aliphatic carbocycles. The second kappa shape index (κ2) is 9.34. The number of aliphatic hydroxyl groups is 1. The van der Waals surface area contributed by atoms with Crippen molar-refractivity contribution >= 4 is 28.5 Å². The lowest BCUT2D eigenvalue weighted by Crippen LogP contribution is -2.53. The zero-order chi connectivity index (χ0) is 21.0. The predicted octanol–water partition coefficient (Wildman–Crippen LogP) is 1.42. The van der Waals surface area contributed by atoms with Gasteiger partial charge in [0.25, 0.3) is 0 Å². The number of H-pyrrole nitrogens is 1. The second-order valence-corrected chi connectivity index (χ2v) is 7.05. The van der Waals surface area contributed by atoms with Crippen LogP contribution in [0.3, 0.4) is 0 Å². The van der Waals surface area contributed by atoms with Gasteiger partial charge in [-0.15, -0.1) is 0 Å². The quantitative estimate of drug-likeness (QED) is 0.602. The van der Waals surface area contributed by atoms with Crippen LogP contribution in [-0.4, -0.2) is 83.7 Å². The van der Waals surface area contributed by atoms with Gasteiger partial charge in [0, 0.05) is 43.6 Å². The Kier molecular flexibility index (Phi) is 6.83. The number of nitrogens with zero attached hydrogens (tertiary/aromatic N) is 2. The molecule has 1 aliphatic rings. The normalized spacial score (nSPS) is 16.7. The smallest absolute Gasteiger partial charge is 0.356 e.